The molecule has 3 heteroatoms. The molecule has 0 amide bonds. The molecule has 13 heavy (non-hydrogen) atoms. The Morgan fingerprint density at radius 1 is 1.46 bits per heavy atom. The highest BCUT2D eigenvalue weighted by Crippen LogP contribution is 2.19. The normalized spacial score (nSPS) is 8.08. The van der Waals surface area contributed by atoms with E-state index in [1.165, 1.54) is 19.2 Å². The van der Waals surface area contributed by atoms with Crippen LogP contribution in [0.15, 0.2) is 18.2 Å². The maximum atomic E-state index is 13.1. The van der Waals surface area contributed by atoms with E-state index in [0.717, 1.165) is 0 Å². The number of hydrogen-bond donors (Lipinski definition) is 0. The number of rotatable bonds is 1. The SMILES string of the molecule is COc1cccc(F)c1C#CC#N. The van der Waals surface area contributed by atoms with Crippen molar-refractivity contribution < 1.29 is 9.13 Å². The van der Waals surface area contributed by atoms with Gasteiger partial charge in [-0.15, -0.1) is 0 Å². The fraction of sp³-hybridized carbons (Fsp3) is 0.100. The van der Waals surface area contributed by atoms with Gasteiger partial charge in [0.2, 0.25) is 0 Å². The smallest absolute Gasteiger partial charge is 0.152 e. The van der Waals surface area contributed by atoms with Gasteiger partial charge < -0.3 is 4.74 Å². The van der Waals surface area contributed by atoms with Crippen LogP contribution < -0.4 is 4.74 Å². The third kappa shape index (κ3) is 1.98. The molecule has 1 aromatic rings. The molecule has 0 aliphatic rings. The molecule has 0 saturated carbocycles. The van der Waals surface area contributed by atoms with Crippen LogP contribution in [0.25, 0.3) is 0 Å². The molecule has 0 heterocycles. The van der Waals surface area contributed by atoms with E-state index in [1.54, 1.807) is 12.1 Å². The van der Waals surface area contributed by atoms with E-state index in [4.69, 9.17) is 10.00 Å². The summed E-state index contributed by atoms with van der Waals surface area (Å²) in [5.41, 5.74) is 0.117. The molecule has 0 aromatic heterocycles. The van der Waals surface area contributed by atoms with E-state index in [1.807, 2.05) is 0 Å². The number of methoxy groups -OCH3 is 1. The minimum Gasteiger partial charge on any atom is -0.495 e. The molecule has 2 nitrogen and oxygen atoms in total. The number of benzene rings is 1. The van der Waals surface area contributed by atoms with Gasteiger partial charge in [0.1, 0.15) is 17.1 Å². The standard InChI is InChI=1S/C10H6FNO/c1-13-10-6-2-5-9(11)8(10)4-3-7-12/h2,5-6H,1H3. The van der Waals surface area contributed by atoms with Gasteiger partial charge in [-0.3, -0.25) is 0 Å². The minimum absolute atomic E-state index is 0.117. The number of hydrogen-bond acceptors (Lipinski definition) is 2. The Kier molecular flexibility index (Phi) is 2.89. The maximum absolute atomic E-state index is 13.1. The van der Waals surface area contributed by atoms with Crippen LogP contribution in [-0.4, -0.2) is 7.11 Å². The lowest BCUT2D eigenvalue weighted by molar-refractivity contribution is 0.409. The predicted molar refractivity (Wildman–Crippen MR) is 45.4 cm³/mol. The fourth-order valence-corrected chi connectivity index (χ4v) is 0.886. The Morgan fingerprint density at radius 2 is 2.23 bits per heavy atom. The van der Waals surface area contributed by atoms with Crippen LogP contribution in [0, 0.1) is 29.0 Å². The molecule has 0 spiro atoms. The van der Waals surface area contributed by atoms with E-state index in [-0.39, 0.29) is 5.56 Å². The molecular weight excluding hydrogens is 169 g/mol. The molecule has 0 unspecified atom stereocenters. The zero-order valence-electron chi connectivity index (χ0n) is 6.97. The van der Waals surface area contributed by atoms with Gasteiger partial charge in [-0.25, -0.2) is 4.39 Å². The van der Waals surface area contributed by atoms with Gasteiger partial charge >= 0.3 is 0 Å². The first kappa shape index (κ1) is 9.09. The van der Waals surface area contributed by atoms with E-state index < -0.39 is 5.82 Å². The van der Waals surface area contributed by atoms with Crippen molar-refractivity contribution in [1.29, 1.82) is 5.26 Å². The number of nitriles is 1. The lowest BCUT2D eigenvalue weighted by Gasteiger charge is -2.02. The summed E-state index contributed by atoms with van der Waals surface area (Å²) in [5, 5.41) is 8.20. The van der Waals surface area contributed by atoms with E-state index in [2.05, 4.69) is 11.8 Å². The highest BCUT2D eigenvalue weighted by atomic mass is 19.1. The van der Waals surface area contributed by atoms with Crippen LogP contribution in [-0.2, 0) is 0 Å². The van der Waals surface area contributed by atoms with Gasteiger partial charge in [0.15, 0.2) is 6.07 Å². The first-order valence-electron chi connectivity index (χ1n) is 3.52. The molecule has 0 radical (unpaired) electrons. The second-order valence-electron chi connectivity index (χ2n) is 2.18. The average molecular weight is 175 g/mol. The Balaban J connectivity index is 3.25. The average Bonchev–Trinajstić information content (AvgIpc) is 2.15. The van der Waals surface area contributed by atoms with Gasteiger partial charge in [0, 0.05) is 5.92 Å². The topological polar surface area (TPSA) is 33.0 Å². The quantitative estimate of drug-likeness (QED) is 0.608. The van der Waals surface area contributed by atoms with Gasteiger partial charge in [-0.1, -0.05) is 6.07 Å². The largest absolute Gasteiger partial charge is 0.495 e. The molecule has 0 fully saturated rings. The predicted octanol–water partition coefficient (Wildman–Crippen LogP) is 1.71. The first-order valence-corrected chi connectivity index (χ1v) is 3.52. The molecule has 1 aromatic carbocycles. The van der Waals surface area contributed by atoms with Crippen molar-refractivity contribution in [2.45, 2.75) is 0 Å². The second kappa shape index (κ2) is 4.13. The molecule has 0 bridgehead atoms. The summed E-state index contributed by atoms with van der Waals surface area (Å²) in [6.45, 7) is 0. The van der Waals surface area contributed by atoms with Gasteiger partial charge in [0.25, 0.3) is 0 Å². The Labute approximate surface area is 75.6 Å². The van der Waals surface area contributed by atoms with Gasteiger partial charge in [0.05, 0.1) is 7.11 Å². The van der Waals surface area contributed by atoms with E-state index in [0.29, 0.717) is 5.75 Å². The van der Waals surface area contributed by atoms with E-state index in [9.17, 15) is 4.39 Å². The molecule has 64 valence electrons. The molecule has 0 N–H and O–H groups in total. The van der Waals surface area contributed by atoms with Crippen LogP contribution in [0.5, 0.6) is 5.75 Å². The van der Waals surface area contributed by atoms with Crippen molar-refractivity contribution in [1.82, 2.24) is 0 Å². The van der Waals surface area contributed by atoms with Crippen LogP contribution in [0.2, 0.25) is 0 Å². The summed E-state index contributed by atoms with van der Waals surface area (Å²) in [5.74, 6) is 4.34. The lowest BCUT2D eigenvalue weighted by atomic mass is 10.2. The highest BCUT2D eigenvalue weighted by molar-refractivity contribution is 5.48. The minimum atomic E-state index is -0.484. The highest BCUT2D eigenvalue weighted by Gasteiger charge is 2.04. The molecule has 0 saturated heterocycles. The summed E-state index contributed by atoms with van der Waals surface area (Å²) in [6, 6.07) is 5.99. The number of nitrogens with zero attached hydrogens (tertiary/aromatic N) is 1. The Morgan fingerprint density at radius 3 is 2.85 bits per heavy atom. The zero-order valence-corrected chi connectivity index (χ0v) is 6.97. The monoisotopic (exact) mass is 175 g/mol. The summed E-state index contributed by atoms with van der Waals surface area (Å²) in [6.07, 6.45) is 0. The summed E-state index contributed by atoms with van der Waals surface area (Å²) >= 11 is 0. The molecule has 0 aliphatic heterocycles. The fourth-order valence-electron chi connectivity index (χ4n) is 0.886. The number of halogens is 1. The van der Waals surface area contributed by atoms with Gasteiger partial charge in [-0.2, -0.15) is 5.26 Å². The van der Waals surface area contributed by atoms with Crippen LogP contribution >= 0.6 is 0 Å². The molecule has 1 rings (SSSR count). The third-order valence-corrected chi connectivity index (χ3v) is 1.44. The number of ether oxygens (including phenoxy) is 1. The summed E-state index contributed by atoms with van der Waals surface area (Å²) in [7, 11) is 1.42. The van der Waals surface area contributed by atoms with E-state index >= 15 is 0 Å². The Hall–Kier alpha value is -2.00. The summed E-state index contributed by atoms with van der Waals surface area (Å²) in [4.78, 5) is 0. The van der Waals surface area contributed by atoms with Crippen molar-refractivity contribution in [2.24, 2.45) is 0 Å². The van der Waals surface area contributed by atoms with Gasteiger partial charge in [-0.05, 0) is 18.1 Å². The van der Waals surface area contributed by atoms with Crippen LogP contribution in [0.3, 0.4) is 0 Å². The van der Waals surface area contributed by atoms with Crippen molar-refractivity contribution in [3.05, 3.63) is 29.6 Å². The summed E-state index contributed by atoms with van der Waals surface area (Å²) < 4.78 is 17.9. The Bertz CT molecular complexity index is 409. The maximum Gasteiger partial charge on any atom is 0.152 e. The van der Waals surface area contributed by atoms with Crippen LogP contribution in [0.1, 0.15) is 5.56 Å². The first-order chi connectivity index (χ1) is 6.29. The zero-order chi connectivity index (χ0) is 9.68. The van der Waals surface area contributed by atoms with Crippen molar-refractivity contribution in [2.75, 3.05) is 7.11 Å². The van der Waals surface area contributed by atoms with Crippen molar-refractivity contribution in [3.63, 3.8) is 0 Å². The molecular formula is C10H6FNO. The molecule has 0 aliphatic carbocycles. The van der Waals surface area contributed by atoms with Crippen molar-refractivity contribution >= 4 is 0 Å². The second-order valence-corrected chi connectivity index (χ2v) is 2.18. The molecule has 0 atom stereocenters. The third-order valence-electron chi connectivity index (χ3n) is 1.44. The lowest BCUT2D eigenvalue weighted by Crippen LogP contribution is -1.90. The van der Waals surface area contributed by atoms with Crippen LogP contribution in [0.4, 0.5) is 4.39 Å². The van der Waals surface area contributed by atoms with Crippen molar-refractivity contribution in [3.8, 4) is 23.7 Å².